The number of pyridine rings is 1. The van der Waals surface area contributed by atoms with Gasteiger partial charge in [-0.1, -0.05) is 6.07 Å². The van der Waals surface area contributed by atoms with E-state index in [0.717, 1.165) is 0 Å². The van der Waals surface area contributed by atoms with E-state index in [9.17, 15) is 9.18 Å². The molecule has 0 radical (unpaired) electrons. The molecule has 0 spiro atoms. The molecule has 0 aliphatic rings. The Morgan fingerprint density at radius 1 is 1.42 bits per heavy atom. The van der Waals surface area contributed by atoms with Crippen LogP contribution in [0.1, 0.15) is 17.3 Å². The van der Waals surface area contributed by atoms with E-state index in [2.05, 4.69) is 4.98 Å². The van der Waals surface area contributed by atoms with Gasteiger partial charge in [0.05, 0.1) is 17.7 Å². The second-order valence-electron chi connectivity index (χ2n) is 3.81. The van der Waals surface area contributed by atoms with E-state index in [1.54, 1.807) is 13.0 Å². The first-order chi connectivity index (χ1) is 9.13. The molecule has 0 bridgehead atoms. The van der Waals surface area contributed by atoms with E-state index >= 15 is 0 Å². The van der Waals surface area contributed by atoms with Crippen LogP contribution in [0.4, 0.5) is 4.39 Å². The summed E-state index contributed by atoms with van der Waals surface area (Å²) in [7, 11) is 0. The number of benzene rings is 1. The highest BCUT2D eigenvalue weighted by Crippen LogP contribution is 2.32. The van der Waals surface area contributed by atoms with Crippen LogP contribution in [0.2, 0.25) is 0 Å². The molecule has 0 saturated carbocycles. The maximum atomic E-state index is 13.9. The minimum absolute atomic E-state index is 0.00296. The van der Waals surface area contributed by atoms with Gasteiger partial charge in [-0.15, -0.1) is 0 Å². The monoisotopic (exact) mass is 261 g/mol. The van der Waals surface area contributed by atoms with Crippen molar-refractivity contribution in [2.75, 3.05) is 6.61 Å². The van der Waals surface area contributed by atoms with Gasteiger partial charge in [-0.2, -0.15) is 0 Å². The van der Waals surface area contributed by atoms with E-state index in [1.807, 2.05) is 0 Å². The van der Waals surface area contributed by atoms with Gasteiger partial charge in [0.1, 0.15) is 11.6 Å². The smallest absolute Gasteiger partial charge is 0.337 e. The normalized spacial score (nSPS) is 10.2. The molecule has 0 saturated heterocycles. The average Bonchev–Trinajstić information content (AvgIpc) is 2.39. The van der Waals surface area contributed by atoms with Crippen LogP contribution in [-0.2, 0) is 0 Å². The van der Waals surface area contributed by atoms with Gasteiger partial charge in [0.25, 0.3) is 0 Å². The Morgan fingerprint density at radius 2 is 2.21 bits per heavy atom. The van der Waals surface area contributed by atoms with Gasteiger partial charge in [0, 0.05) is 18.0 Å². The van der Waals surface area contributed by atoms with Crippen LogP contribution in [0.3, 0.4) is 0 Å². The maximum Gasteiger partial charge on any atom is 0.337 e. The highest BCUT2D eigenvalue weighted by atomic mass is 19.1. The van der Waals surface area contributed by atoms with Crippen molar-refractivity contribution in [3.05, 3.63) is 48.0 Å². The number of halogens is 1. The lowest BCUT2D eigenvalue weighted by Crippen LogP contribution is -2.00. The molecule has 2 rings (SSSR count). The first-order valence-electron chi connectivity index (χ1n) is 5.73. The predicted molar refractivity (Wildman–Crippen MR) is 67.8 cm³/mol. The van der Waals surface area contributed by atoms with Gasteiger partial charge in [-0.25, -0.2) is 9.18 Å². The second-order valence-corrected chi connectivity index (χ2v) is 3.81. The molecular weight excluding hydrogens is 249 g/mol. The number of carboxylic acids is 1. The number of ether oxygens (including phenoxy) is 1. The number of hydrogen-bond donors (Lipinski definition) is 1. The summed E-state index contributed by atoms with van der Waals surface area (Å²) in [6.45, 7) is 2.18. The summed E-state index contributed by atoms with van der Waals surface area (Å²) in [5, 5.41) is 8.93. The molecule has 2 aromatic rings. The van der Waals surface area contributed by atoms with Crippen molar-refractivity contribution < 1.29 is 19.0 Å². The molecule has 0 amide bonds. The van der Waals surface area contributed by atoms with Crippen molar-refractivity contribution in [1.82, 2.24) is 4.98 Å². The zero-order chi connectivity index (χ0) is 13.8. The molecule has 0 atom stereocenters. The van der Waals surface area contributed by atoms with Gasteiger partial charge >= 0.3 is 5.97 Å². The zero-order valence-electron chi connectivity index (χ0n) is 10.3. The highest BCUT2D eigenvalue weighted by molar-refractivity contribution is 5.89. The van der Waals surface area contributed by atoms with Gasteiger partial charge in [-0.05, 0) is 25.1 Å². The van der Waals surface area contributed by atoms with Crippen molar-refractivity contribution in [3.63, 3.8) is 0 Å². The lowest BCUT2D eigenvalue weighted by molar-refractivity contribution is 0.0696. The maximum absolute atomic E-state index is 13.9. The number of aromatic nitrogens is 1. The number of nitrogens with zero attached hydrogens (tertiary/aromatic N) is 1. The van der Waals surface area contributed by atoms with Gasteiger partial charge in [0.2, 0.25) is 0 Å². The SMILES string of the molecule is CCOc1cccc(F)c1-c1cncc(C(=O)O)c1. The van der Waals surface area contributed by atoms with Crippen molar-refractivity contribution in [2.45, 2.75) is 6.92 Å². The molecule has 98 valence electrons. The lowest BCUT2D eigenvalue weighted by atomic mass is 10.0. The van der Waals surface area contributed by atoms with E-state index in [4.69, 9.17) is 9.84 Å². The van der Waals surface area contributed by atoms with Crippen molar-refractivity contribution in [1.29, 1.82) is 0 Å². The van der Waals surface area contributed by atoms with Crippen LogP contribution in [0.5, 0.6) is 5.75 Å². The van der Waals surface area contributed by atoms with Gasteiger partial charge in [-0.3, -0.25) is 4.98 Å². The summed E-state index contributed by atoms with van der Waals surface area (Å²) in [6.07, 6.45) is 2.63. The molecule has 0 aliphatic carbocycles. The molecule has 0 aliphatic heterocycles. The topological polar surface area (TPSA) is 59.4 Å². The van der Waals surface area contributed by atoms with Gasteiger partial charge in [0.15, 0.2) is 0 Å². The second kappa shape index (κ2) is 5.48. The van der Waals surface area contributed by atoms with Gasteiger partial charge < -0.3 is 9.84 Å². The molecule has 1 N–H and O–H groups in total. The first kappa shape index (κ1) is 13.0. The fourth-order valence-corrected chi connectivity index (χ4v) is 1.75. The van der Waals surface area contributed by atoms with Crippen molar-refractivity contribution in [2.24, 2.45) is 0 Å². The Bertz CT molecular complexity index is 613. The minimum atomic E-state index is -1.11. The predicted octanol–water partition coefficient (Wildman–Crippen LogP) is 2.98. The van der Waals surface area contributed by atoms with Crippen molar-refractivity contribution in [3.8, 4) is 16.9 Å². The van der Waals surface area contributed by atoms with E-state index in [-0.39, 0.29) is 11.1 Å². The standard InChI is InChI=1S/C14H12FNO3/c1-2-19-12-5-3-4-11(15)13(12)9-6-10(14(17)18)8-16-7-9/h3-8H,2H2,1H3,(H,17,18). The Labute approximate surface area is 109 Å². The molecule has 1 aromatic heterocycles. The average molecular weight is 261 g/mol. The fraction of sp³-hybridized carbons (Fsp3) is 0.143. The number of carbonyl (C=O) groups is 1. The molecule has 4 nitrogen and oxygen atoms in total. The van der Waals surface area contributed by atoms with E-state index in [0.29, 0.717) is 17.9 Å². The summed E-state index contributed by atoms with van der Waals surface area (Å²) in [5.41, 5.74) is 0.601. The van der Waals surface area contributed by atoms with Crippen LogP contribution < -0.4 is 4.74 Å². The molecule has 0 fully saturated rings. The molecule has 0 unspecified atom stereocenters. The third kappa shape index (κ3) is 2.70. The molecule has 19 heavy (non-hydrogen) atoms. The zero-order valence-corrected chi connectivity index (χ0v) is 10.3. The van der Waals surface area contributed by atoms with Crippen LogP contribution in [-0.4, -0.2) is 22.7 Å². The summed E-state index contributed by atoms with van der Waals surface area (Å²) in [5.74, 6) is -1.22. The minimum Gasteiger partial charge on any atom is -0.493 e. The Kier molecular flexibility index (Phi) is 3.75. The number of hydrogen-bond acceptors (Lipinski definition) is 3. The summed E-state index contributed by atoms with van der Waals surface area (Å²) >= 11 is 0. The molecule has 5 heteroatoms. The van der Waals surface area contributed by atoms with Crippen LogP contribution in [0.25, 0.3) is 11.1 Å². The molecule has 1 aromatic carbocycles. The highest BCUT2D eigenvalue weighted by Gasteiger charge is 2.14. The summed E-state index contributed by atoms with van der Waals surface area (Å²) < 4.78 is 19.3. The fourth-order valence-electron chi connectivity index (χ4n) is 1.75. The number of aromatic carboxylic acids is 1. The van der Waals surface area contributed by atoms with Crippen molar-refractivity contribution >= 4 is 5.97 Å². The Morgan fingerprint density at radius 3 is 2.89 bits per heavy atom. The largest absolute Gasteiger partial charge is 0.493 e. The molecule has 1 heterocycles. The summed E-state index contributed by atoms with van der Waals surface area (Å²) in [6, 6.07) is 5.84. The number of rotatable bonds is 4. The van der Waals surface area contributed by atoms with Crippen LogP contribution in [0, 0.1) is 5.82 Å². The lowest BCUT2D eigenvalue weighted by Gasteiger charge is -2.11. The number of carboxylic acid groups (broad SMARTS) is 1. The van der Waals surface area contributed by atoms with Crippen LogP contribution >= 0.6 is 0 Å². The van der Waals surface area contributed by atoms with E-state index < -0.39 is 11.8 Å². The third-order valence-electron chi connectivity index (χ3n) is 2.55. The van der Waals surface area contributed by atoms with Crippen LogP contribution in [0.15, 0.2) is 36.7 Å². The summed E-state index contributed by atoms with van der Waals surface area (Å²) in [4.78, 5) is 14.7. The quantitative estimate of drug-likeness (QED) is 0.919. The molecular formula is C14H12FNO3. The Balaban J connectivity index is 2.57. The van der Waals surface area contributed by atoms with E-state index in [1.165, 1.54) is 30.6 Å². The Hall–Kier alpha value is -2.43. The first-order valence-corrected chi connectivity index (χ1v) is 5.73. The third-order valence-corrected chi connectivity index (χ3v) is 2.55.